The first kappa shape index (κ1) is 13.9. The molecule has 0 atom stereocenters. The van der Waals surface area contributed by atoms with Gasteiger partial charge in [0.1, 0.15) is 11.2 Å². The fraction of sp³-hybridized carbons (Fsp3) is 0.375. The summed E-state index contributed by atoms with van der Waals surface area (Å²) in [5.74, 6) is 0.864. The number of nitriles is 1. The van der Waals surface area contributed by atoms with Crippen LogP contribution in [-0.2, 0) is 12.0 Å². The zero-order valence-corrected chi connectivity index (χ0v) is 13.0. The minimum atomic E-state index is -0.296. The molecular weight excluding hydrogens is 282 g/mol. The van der Waals surface area contributed by atoms with Crippen LogP contribution in [0, 0.1) is 11.3 Å². The van der Waals surface area contributed by atoms with Crippen LogP contribution in [0.15, 0.2) is 29.6 Å². The van der Waals surface area contributed by atoms with Crippen molar-refractivity contribution in [1.82, 2.24) is 4.98 Å². The molecule has 0 unspecified atom stereocenters. The third-order valence-electron chi connectivity index (χ3n) is 3.85. The van der Waals surface area contributed by atoms with Crippen molar-refractivity contribution in [3.8, 4) is 11.8 Å². The quantitative estimate of drug-likeness (QED) is 0.849. The number of ether oxygens (including phenoxy) is 1. The summed E-state index contributed by atoms with van der Waals surface area (Å²) in [6.45, 7) is 0.788. The molecule has 0 amide bonds. The van der Waals surface area contributed by atoms with E-state index < -0.39 is 0 Å². The number of aromatic nitrogens is 1. The maximum atomic E-state index is 9.23. The van der Waals surface area contributed by atoms with Crippen LogP contribution in [0.2, 0.25) is 0 Å². The second kappa shape index (κ2) is 5.38. The van der Waals surface area contributed by atoms with Crippen molar-refractivity contribution in [1.29, 1.82) is 5.26 Å². The Balaban J connectivity index is 1.70. The van der Waals surface area contributed by atoms with Crippen molar-refractivity contribution in [3.63, 3.8) is 0 Å². The largest absolute Gasteiger partial charge is 0.497 e. The van der Waals surface area contributed by atoms with Crippen molar-refractivity contribution >= 4 is 16.5 Å². The number of methoxy groups -OCH3 is 1. The molecule has 5 heteroatoms. The fourth-order valence-electron chi connectivity index (χ4n) is 2.28. The normalized spacial score (nSPS) is 15.3. The zero-order valence-electron chi connectivity index (χ0n) is 12.2. The van der Waals surface area contributed by atoms with Crippen molar-refractivity contribution in [2.24, 2.45) is 0 Å². The smallest absolute Gasteiger partial charge is 0.185 e. The first-order chi connectivity index (χ1) is 10.2. The maximum Gasteiger partial charge on any atom is 0.185 e. The first-order valence-corrected chi connectivity index (χ1v) is 7.76. The molecule has 3 rings (SSSR count). The van der Waals surface area contributed by atoms with Crippen LogP contribution in [-0.4, -0.2) is 19.1 Å². The third-order valence-corrected chi connectivity index (χ3v) is 4.81. The van der Waals surface area contributed by atoms with Gasteiger partial charge >= 0.3 is 0 Å². The number of nitrogens with zero attached hydrogens (tertiary/aromatic N) is 3. The highest BCUT2D eigenvalue weighted by atomic mass is 32.1. The number of hydrogen-bond acceptors (Lipinski definition) is 5. The monoisotopic (exact) mass is 299 g/mol. The van der Waals surface area contributed by atoms with E-state index in [2.05, 4.69) is 28.1 Å². The molecule has 1 saturated carbocycles. The van der Waals surface area contributed by atoms with Crippen molar-refractivity contribution < 1.29 is 4.74 Å². The van der Waals surface area contributed by atoms with Gasteiger partial charge in [-0.25, -0.2) is 4.98 Å². The van der Waals surface area contributed by atoms with Crippen molar-refractivity contribution in [3.05, 3.63) is 40.9 Å². The number of benzene rings is 1. The fourth-order valence-corrected chi connectivity index (χ4v) is 3.17. The predicted octanol–water partition coefficient (Wildman–Crippen LogP) is 3.34. The lowest BCUT2D eigenvalue weighted by Gasteiger charge is -2.16. The summed E-state index contributed by atoms with van der Waals surface area (Å²) in [4.78, 5) is 6.76. The Hall–Kier alpha value is -2.06. The highest BCUT2D eigenvalue weighted by Gasteiger charge is 2.47. The van der Waals surface area contributed by atoms with Gasteiger partial charge in [-0.1, -0.05) is 12.1 Å². The predicted molar refractivity (Wildman–Crippen MR) is 83.7 cm³/mol. The van der Waals surface area contributed by atoms with Gasteiger partial charge in [-0.2, -0.15) is 5.26 Å². The number of thiazole rings is 1. The molecule has 21 heavy (non-hydrogen) atoms. The SMILES string of the molecule is COc1ccc(CN(C)c2nc(C3(C#N)CC3)cs2)cc1. The molecule has 1 aliphatic carbocycles. The molecule has 108 valence electrons. The molecule has 1 aromatic carbocycles. The molecule has 1 aromatic heterocycles. The molecule has 4 nitrogen and oxygen atoms in total. The summed E-state index contributed by atoms with van der Waals surface area (Å²) in [6.07, 6.45) is 1.88. The molecule has 2 aromatic rings. The molecular formula is C16H17N3OS. The van der Waals surface area contributed by atoms with E-state index in [-0.39, 0.29) is 5.41 Å². The lowest BCUT2D eigenvalue weighted by atomic mass is 10.1. The van der Waals surface area contributed by atoms with Crippen LogP contribution in [0.25, 0.3) is 0 Å². The van der Waals surface area contributed by atoms with Gasteiger partial charge in [-0.15, -0.1) is 11.3 Å². The van der Waals surface area contributed by atoms with Crippen LogP contribution in [0.4, 0.5) is 5.13 Å². The lowest BCUT2D eigenvalue weighted by Crippen LogP contribution is -2.16. The summed E-state index contributed by atoms with van der Waals surface area (Å²) >= 11 is 1.61. The summed E-state index contributed by atoms with van der Waals surface area (Å²) in [6, 6.07) is 10.4. The maximum absolute atomic E-state index is 9.23. The first-order valence-electron chi connectivity index (χ1n) is 6.88. The topological polar surface area (TPSA) is 49.1 Å². The Morgan fingerprint density at radius 1 is 1.38 bits per heavy atom. The Labute approximate surface area is 128 Å². The van der Waals surface area contributed by atoms with E-state index in [9.17, 15) is 5.26 Å². The van der Waals surface area contributed by atoms with E-state index in [4.69, 9.17) is 4.74 Å². The average molecular weight is 299 g/mol. The highest BCUT2D eigenvalue weighted by molar-refractivity contribution is 7.13. The zero-order chi connectivity index (χ0) is 14.9. The lowest BCUT2D eigenvalue weighted by molar-refractivity contribution is 0.414. The second-order valence-corrected chi connectivity index (χ2v) is 6.25. The number of anilines is 1. The van der Waals surface area contributed by atoms with Gasteiger partial charge in [-0.3, -0.25) is 0 Å². The minimum absolute atomic E-state index is 0.296. The van der Waals surface area contributed by atoms with E-state index in [0.717, 1.165) is 36.0 Å². The van der Waals surface area contributed by atoms with Gasteiger partial charge in [0.2, 0.25) is 0 Å². The summed E-state index contributed by atoms with van der Waals surface area (Å²) < 4.78 is 5.16. The van der Waals surface area contributed by atoms with Crippen LogP contribution in [0.5, 0.6) is 5.75 Å². The molecule has 0 saturated heterocycles. The molecule has 0 aliphatic heterocycles. The second-order valence-electron chi connectivity index (χ2n) is 5.41. The van der Waals surface area contributed by atoms with E-state index in [0.29, 0.717) is 0 Å². The van der Waals surface area contributed by atoms with E-state index in [1.54, 1.807) is 18.4 Å². The van der Waals surface area contributed by atoms with Gasteiger partial charge in [0.15, 0.2) is 5.13 Å². The Kier molecular flexibility index (Phi) is 3.56. The van der Waals surface area contributed by atoms with Crippen LogP contribution in [0.1, 0.15) is 24.1 Å². The van der Waals surface area contributed by atoms with Crippen LogP contribution >= 0.6 is 11.3 Å². The molecule has 1 heterocycles. The average Bonchev–Trinajstić information content (AvgIpc) is 3.16. The van der Waals surface area contributed by atoms with Crippen molar-refractivity contribution in [2.75, 3.05) is 19.1 Å². The van der Waals surface area contributed by atoms with E-state index in [1.807, 2.05) is 24.6 Å². The van der Waals surface area contributed by atoms with E-state index >= 15 is 0 Å². The molecule has 0 spiro atoms. The Morgan fingerprint density at radius 2 is 2.10 bits per heavy atom. The van der Waals surface area contributed by atoms with Gasteiger partial charge in [0.25, 0.3) is 0 Å². The molecule has 0 bridgehead atoms. The van der Waals surface area contributed by atoms with Gasteiger partial charge in [-0.05, 0) is 30.5 Å². The van der Waals surface area contributed by atoms with Crippen molar-refractivity contribution in [2.45, 2.75) is 24.8 Å². The summed E-state index contributed by atoms with van der Waals surface area (Å²) in [5.41, 5.74) is 1.85. The summed E-state index contributed by atoms with van der Waals surface area (Å²) in [7, 11) is 3.69. The Morgan fingerprint density at radius 3 is 2.67 bits per heavy atom. The minimum Gasteiger partial charge on any atom is -0.497 e. The van der Waals surface area contributed by atoms with Gasteiger partial charge < -0.3 is 9.64 Å². The molecule has 1 fully saturated rings. The van der Waals surface area contributed by atoms with E-state index in [1.165, 1.54) is 5.56 Å². The van der Waals surface area contributed by atoms with Gasteiger partial charge in [0.05, 0.1) is 18.9 Å². The highest BCUT2D eigenvalue weighted by Crippen LogP contribution is 2.48. The Bertz CT molecular complexity index is 668. The molecule has 0 N–H and O–H groups in total. The van der Waals surface area contributed by atoms with Crippen LogP contribution < -0.4 is 9.64 Å². The number of hydrogen-bond donors (Lipinski definition) is 0. The number of rotatable bonds is 5. The van der Waals surface area contributed by atoms with Gasteiger partial charge in [0, 0.05) is 19.0 Å². The van der Waals surface area contributed by atoms with Crippen LogP contribution in [0.3, 0.4) is 0 Å². The third kappa shape index (κ3) is 2.72. The summed E-state index contributed by atoms with van der Waals surface area (Å²) in [5, 5.41) is 12.2. The standard InChI is InChI=1S/C16H17N3OS/c1-19(9-12-3-5-13(20-2)6-4-12)15-18-14(10-21-15)16(11-17)7-8-16/h3-6,10H,7-9H2,1-2H3. The molecule has 1 aliphatic rings. The molecule has 0 radical (unpaired) electrons.